The summed E-state index contributed by atoms with van der Waals surface area (Å²) in [5, 5.41) is 9.62. The largest absolute Gasteiger partial charge is 0.512 e. The van der Waals surface area contributed by atoms with E-state index in [1.807, 2.05) is 61.8 Å². The van der Waals surface area contributed by atoms with Crippen LogP contribution in [0.1, 0.15) is 76.3 Å². The minimum Gasteiger partial charge on any atom is -0.512 e. The molecule has 9 aromatic rings. The number of aliphatic hydroxyl groups excluding tert-OH is 1. The van der Waals surface area contributed by atoms with Gasteiger partial charge in [0.05, 0.1) is 11.3 Å². The Morgan fingerprint density at radius 3 is 1.74 bits per heavy atom. The second-order valence-electron chi connectivity index (χ2n) is 19.0. The zero-order valence-corrected chi connectivity index (χ0v) is 47.8. The minimum atomic E-state index is -0.125. The summed E-state index contributed by atoms with van der Waals surface area (Å²) in [5.41, 5.74) is 18.4. The summed E-state index contributed by atoms with van der Waals surface area (Å²) >= 11 is 0. The van der Waals surface area contributed by atoms with E-state index in [0.717, 1.165) is 51.3 Å². The number of aromatic nitrogens is 3. The molecule has 0 saturated carbocycles. The third-order valence-corrected chi connectivity index (χ3v) is 11.2. The number of rotatable bonds is 8. The van der Waals surface area contributed by atoms with Crippen molar-refractivity contribution in [2.45, 2.75) is 81.1 Å². The first kappa shape index (κ1) is 58.1. The summed E-state index contributed by atoms with van der Waals surface area (Å²) < 4.78 is 0. The Balaban J connectivity index is 0.000000224. The van der Waals surface area contributed by atoms with Crippen LogP contribution >= 0.6 is 0 Å². The number of carbonyl (C=O) groups excluding carboxylic acids is 1. The third kappa shape index (κ3) is 17.7. The van der Waals surface area contributed by atoms with Crippen molar-refractivity contribution in [3.05, 3.63) is 234 Å². The molecule has 72 heavy (non-hydrogen) atoms. The number of ketones is 1. The van der Waals surface area contributed by atoms with E-state index in [9.17, 15) is 4.79 Å². The van der Waals surface area contributed by atoms with Gasteiger partial charge in [-0.05, 0) is 101 Å². The molecule has 0 aliphatic rings. The number of aliphatic hydroxyl groups is 1. The maximum absolute atomic E-state index is 10.0. The third-order valence-electron chi connectivity index (χ3n) is 11.2. The standard InChI is InChI=1S/C27H26N.C18H14N.C15H16N.C5H8O2.2Ir/c1-18(2)12-23-17-27(24-14-19(3)13-20(4)15-24)28-26-11-10-22(16-25(23)26)21-8-6-5-7-9-21;1-14-10-11-18(19-13-14)17-9-5-8-16(12-17)15-6-3-2-4-7-15;1-15(2,3)13-9-10-14(16-11-13)12-7-5-4-6-8-12;1-4(6)3-5(2)7;;/h5-11,13-14,16-18H,12H2,1-4H3;2-8,10-13H,1H3;4-7,9-11H,1-3H3;3,6H,1-2H3;;/q3*-1;;;. The summed E-state index contributed by atoms with van der Waals surface area (Å²) in [6.07, 6.45) is 6.05. The van der Waals surface area contributed by atoms with Crippen LogP contribution in [0.4, 0.5) is 0 Å². The van der Waals surface area contributed by atoms with Gasteiger partial charge in [-0.15, -0.1) is 106 Å². The van der Waals surface area contributed by atoms with Crippen molar-refractivity contribution in [3.8, 4) is 56.0 Å². The molecule has 5 nitrogen and oxygen atoms in total. The van der Waals surface area contributed by atoms with Gasteiger partial charge in [0.1, 0.15) is 0 Å². The van der Waals surface area contributed by atoms with Crippen molar-refractivity contribution in [1.29, 1.82) is 0 Å². The average Bonchev–Trinajstić information content (AvgIpc) is 3.34. The van der Waals surface area contributed by atoms with Crippen molar-refractivity contribution in [2.75, 3.05) is 0 Å². The number of hydrogen-bond donors (Lipinski definition) is 1. The quantitative estimate of drug-likeness (QED) is 0.0932. The van der Waals surface area contributed by atoms with E-state index < -0.39 is 0 Å². The second kappa shape index (κ2) is 28.0. The van der Waals surface area contributed by atoms with Crippen LogP contribution in [0.25, 0.3) is 66.9 Å². The smallest absolute Gasteiger partial charge is 0.155 e. The fourth-order valence-electron chi connectivity index (χ4n) is 7.78. The van der Waals surface area contributed by atoms with Gasteiger partial charge in [-0.3, -0.25) is 9.78 Å². The Hall–Kier alpha value is -6.46. The van der Waals surface area contributed by atoms with E-state index in [0.29, 0.717) is 5.92 Å². The monoisotopic (exact) mass is 1300 g/mol. The molecule has 0 aliphatic heterocycles. The first-order chi connectivity index (χ1) is 33.5. The van der Waals surface area contributed by atoms with E-state index in [4.69, 9.17) is 10.1 Å². The molecule has 0 bridgehead atoms. The number of nitrogens with zero attached hydrogens (tertiary/aromatic N) is 3. The zero-order chi connectivity index (χ0) is 50.2. The molecule has 0 spiro atoms. The molecular formula is C65H64Ir2N3O2-3. The van der Waals surface area contributed by atoms with Crippen LogP contribution in [0.5, 0.6) is 0 Å². The van der Waals surface area contributed by atoms with Gasteiger partial charge in [-0.2, -0.15) is 0 Å². The van der Waals surface area contributed by atoms with Gasteiger partial charge in [0, 0.05) is 64.1 Å². The predicted octanol–water partition coefficient (Wildman–Crippen LogP) is 16.6. The van der Waals surface area contributed by atoms with Gasteiger partial charge < -0.3 is 15.1 Å². The van der Waals surface area contributed by atoms with Crippen LogP contribution in [0.15, 0.2) is 188 Å². The predicted molar refractivity (Wildman–Crippen MR) is 292 cm³/mol. The molecule has 0 atom stereocenters. The molecule has 9 rings (SSSR count). The van der Waals surface area contributed by atoms with Crippen molar-refractivity contribution < 1.29 is 50.1 Å². The normalized spacial score (nSPS) is 10.8. The molecule has 7 heteroatoms. The van der Waals surface area contributed by atoms with E-state index >= 15 is 0 Å². The summed E-state index contributed by atoms with van der Waals surface area (Å²) in [4.78, 5) is 24.0. The maximum Gasteiger partial charge on any atom is 0.155 e. The van der Waals surface area contributed by atoms with Crippen LogP contribution in [0.3, 0.4) is 0 Å². The van der Waals surface area contributed by atoms with Crippen LogP contribution in [-0.4, -0.2) is 25.8 Å². The molecule has 0 amide bonds. The van der Waals surface area contributed by atoms with Crippen molar-refractivity contribution in [3.63, 3.8) is 0 Å². The molecule has 1 N–H and O–H groups in total. The molecule has 3 heterocycles. The molecule has 372 valence electrons. The average molecular weight is 1300 g/mol. The summed E-state index contributed by atoms with van der Waals surface area (Å²) in [6, 6.07) is 66.5. The summed E-state index contributed by atoms with van der Waals surface area (Å²) in [7, 11) is 0. The van der Waals surface area contributed by atoms with E-state index in [-0.39, 0.29) is 57.2 Å². The molecule has 0 fully saturated rings. The Morgan fingerprint density at radius 2 is 1.21 bits per heavy atom. The maximum atomic E-state index is 10.0. The van der Waals surface area contributed by atoms with Gasteiger partial charge in [0.2, 0.25) is 0 Å². The van der Waals surface area contributed by atoms with Crippen LogP contribution in [-0.2, 0) is 56.8 Å². The number of fused-ring (bicyclic) bond motifs is 1. The van der Waals surface area contributed by atoms with Crippen molar-refractivity contribution in [2.24, 2.45) is 5.92 Å². The second-order valence-corrected chi connectivity index (χ2v) is 19.0. The first-order valence-electron chi connectivity index (χ1n) is 23.8. The van der Waals surface area contributed by atoms with Gasteiger partial charge >= 0.3 is 0 Å². The Morgan fingerprint density at radius 1 is 0.597 bits per heavy atom. The number of pyridine rings is 3. The van der Waals surface area contributed by atoms with Crippen LogP contribution < -0.4 is 0 Å². The SMILES string of the molecule is CC(=O)C=C(C)O.CC(C)(C)c1ccc(-c2[c-]cccc2)nc1.Cc1[c-]c(-c2cc(CC(C)C)c3cc(-c4ccccc4)ccc3n2)cc(C)c1.Cc1ccc(-c2[c-]ccc(-c3ccccc3)c2)nc1.[Ir].[Ir]. The molecule has 2 radical (unpaired) electrons. The van der Waals surface area contributed by atoms with Gasteiger partial charge in [-0.25, -0.2) is 0 Å². The molecule has 6 aromatic carbocycles. The topological polar surface area (TPSA) is 76.0 Å². The number of hydrogen-bond acceptors (Lipinski definition) is 5. The number of aryl methyl sites for hydroxylation is 3. The number of benzene rings is 6. The Kier molecular flexibility index (Phi) is 22.6. The van der Waals surface area contributed by atoms with Gasteiger partial charge in [0.15, 0.2) is 5.78 Å². The van der Waals surface area contributed by atoms with Gasteiger partial charge in [-0.1, -0.05) is 146 Å². The molecule has 0 aliphatic carbocycles. The Labute approximate surface area is 455 Å². The fraction of sp³-hybridized carbons (Fsp3) is 0.200. The molecular weight excluding hydrogens is 1240 g/mol. The summed E-state index contributed by atoms with van der Waals surface area (Å²) in [5.74, 6) is 0.523. The van der Waals surface area contributed by atoms with E-state index in [2.05, 4.69) is 198 Å². The van der Waals surface area contributed by atoms with Crippen LogP contribution in [0, 0.1) is 44.9 Å². The van der Waals surface area contributed by atoms with Gasteiger partial charge in [0.25, 0.3) is 0 Å². The molecule has 3 aromatic heterocycles. The fourth-order valence-corrected chi connectivity index (χ4v) is 7.78. The van der Waals surface area contributed by atoms with Crippen molar-refractivity contribution in [1.82, 2.24) is 15.0 Å². The molecule has 0 unspecified atom stereocenters. The van der Waals surface area contributed by atoms with E-state index in [1.54, 1.807) is 0 Å². The zero-order valence-electron chi connectivity index (χ0n) is 43.0. The number of allylic oxidation sites excluding steroid dienone is 2. The van der Waals surface area contributed by atoms with Crippen molar-refractivity contribution >= 4 is 16.7 Å². The number of carbonyl (C=O) groups is 1. The minimum absolute atomic E-state index is 0. The van der Waals surface area contributed by atoms with Crippen LogP contribution in [0.2, 0.25) is 0 Å². The Bertz CT molecular complexity index is 3100. The molecule has 0 saturated heterocycles. The summed E-state index contributed by atoms with van der Waals surface area (Å²) in [6.45, 7) is 20.2. The van der Waals surface area contributed by atoms with E-state index in [1.165, 1.54) is 69.8 Å². The first-order valence-corrected chi connectivity index (χ1v) is 23.8.